The van der Waals surface area contributed by atoms with E-state index < -0.39 is 296 Å². The van der Waals surface area contributed by atoms with E-state index >= 15 is 0 Å². The van der Waals surface area contributed by atoms with Crippen LogP contribution in [-0.4, -0.2) is 396 Å². The summed E-state index contributed by atoms with van der Waals surface area (Å²) in [5, 5.41) is 246. The summed E-state index contributed by atoms with van der Waals surface area (Å²) >= 11 is 0. The molecule has 43 nitrogen and oxygen atoms in total. The maximum atomic E-state index is 13.8. The number of carbonyl (C=O) groups excluding carboxylic acids is 4. The van der Waals surface area contributed by atoms with Gasteiger partial charge in [0.2, 0.25) is 23.6 Å². The Labute approximate surface area is 765 Å². The van der Waals surface area contributed by atoms with Gasteiger partial charge in [0.25, 0.3) is 11.6 Å². The molecular weight excluding hydrogens is 1740 g/mol. The van der Waals surface area contributed by atoms with Gasteiger partial charge in [0, 0.05) is 40.0 Å². The van der Waals surface area contributed by atoms with Crippen LogP contribution in [0.4, 0.5) is 0 Å². The topological polar surface area (TPSA) is 686 Å². The number of rotatable bonds is 63. The highest BCUT2D eigenvalue weighted by Crippen LogP contribution is 2.42. The monoisotopic (exact) mass is 1890 g/mol. The zero-order valence-corrected chi connectivity index (χ0v) is 76.4. The van der Waals surface area contributed by atoms with Crippen molar-refractivity contribution in [3.8, 4) is 0 Å². The molecule has 0 aromatic carbocycles. The van der Waals surface area contributed by atoms with Crippen molar-refractivity contribution in [2.24, 2.45) is 0 Å². The highest BCUT2D eigenvalue weighted by Gasteiger charge is 2.64. The largest absolute Gasteiger partial charge is 0.477 e. The predicted molar refractivity (Wildman–Crippen MR) is 458 cm³/mol. The van der Waals surface area contributed by atoms with Crippen molar-refractivity contribution in [3.05, 3.63) is 12.2 Å². The van der Waals surface area contributed by atoms with Crippen molar-refractivity contribution >= 4 is 35.6 Å². The summed E-state index contributed by atoms with van der Waals surface area (Å²) in [6, 6.07) is -6.84. The quantitative estimate of drug-likeness (QED) is 0.0225. The Morgan fingerprint density at radius 3 is 1.23 bits per heavy atom. The molecule has 762 valence electrons. The van der Waals surface area contributed by atoms with E-state index in [-0.39, 0.29) is 12.3 Å². The van der Waals surface area contributed by atoms with Gasteiger partial charge in [-0.05, 0) is 19.3 Å². The van der Waals surface area contributed by atoms with Gasteiger partial charge in [-0.1, -0.05) is 206 Å². The van der Waals surface area contributed by atoms with Crippen molar-refractivity contribution in [1.29, 1.82) is 0 Å². The van der Waals surface area contributed by atoms with E-state index in [2.05, 4.69) is 35.1 Å². The van der Waals surface area contributed by atoms with Crippen LogP contribution in [0.5, 0.6) is 0 Å². The van der Waals surface area contributed by atoms with Crippen LogP contribution in [0.15, 0.2) is 12.2 Å². The third kappa shape index (κ3) is 34.7. The number of ether oxygens (including phenoxy) is 12. The van der Waals surface area contributed by atoms with Crippen LogP contribution in [0.1, 0.15) is 253 Å². The van der Waals surface area contributed by atoms with Gasteiger partial charge < -0.3 is 185 Å². The first-order chi connectivity index (χ1) is 62.6. The lowest BCUT2D eigenvalue weighted by atomic mass is 9.87. The summed E-state index contributed by atoms with van der Waals surface area (Å²) in [6.07, 6.45) is -23.4. The summed E-state index contributed by atoms with van der Waals surface area (Å²) in [7, 11) is 0. The standard InChI is InChI=1S/C88H156N4O39/c1-6-8-10-12-14-16-18-20-21-22-23-24-25-27-29-31-33-35-37-39-62(106)92-52(53(102)38-36-34-32-30-28-26-19-17-15-13-11-9-7-2)48-120-82-72(113)70(111)76(60(46-97)123-82)126-83-73(114)71(112)75(61(47-98)124-83)125-81-65(91-51(5)101)77(67(108)57(43-94)121-81)127-84-74(115)80(68(109)58(44-95)122-84)131-88(86(118)119)41-55(104)64(90-50(4)100)79(130-88)69(110)59(45-96)128-87(85(116)117)40-54(103)63(89-49(3)99)78(129-87)66(107)56(105)42-93/h36,38,52-61,63-84,93-98,102-105,107-115H,6-35,37,39-48H2,1-5H3,(H,89,99)(H,90,100)(H,91,101)(H,92,106)(H,116,117)(H,118,119)/b38-36+/t52-,53+,54?,55?,56+,57?,58?,59+,60?,61?,63+,64+,65?,66+,67-,68-,69+,70+,71+,72?,73?,74?,75-,76+,77+,78?,79?,80-,81-,82+,83-,84-,87+,88-/m0/s1. The third-order valence-electron chi connectivity index (χ3n) is 25.1. The van der Waals surface area contributed by atoms with E-state index in [1.54, 1.807) is 6.08 Å². The Morgan fingerprint density at radius 1 is 0.412 bits per heavy atom. The van der Waals surface area contributed by atoms with Crippen molar-refractivity contribution in [2.75, 3.05) is 46.2 Å². The Bertz CT molecular complexity index is 3270. The van der Waals surface area contributed by atoms with E-state index in [0.29, 0.717) is 12.8 Å². The minimum absolute atomic E-state index is 0.151. The molecule has 34 atom stereocenters. The first-order valence-corrected chi connectivity index (χ1v) is 47.2. The second-order valence-corrected chi connectivity index (χ2v) is 35.7. The van der Waals surface area contributed by atoms with Crippen LogP contribution in [0.2, 0.25) is 0 Å². The van der Waals surface area contributed by atoms with E-state index in [0.717, 1.165) is 72.1 Å². The van der Waals surface area contributed by atoms with Crippen molar-refractivity contribution in [1.82, 2.24) is 21.3 Å². The molecule has 6 aliphatic rings. The molecule has 43 heteroatoms. The highest BCUT2D eigenvalue weighted by atomic mass is 16.8. The van der Waals surface area contributed by atoms with E-state index in [1.165, 1.54) is 135 Å². The lowest BCUT2D eigenvalue weighted by molar-refractivity contribution is -0.390. The van der Waals surface area contributed by atoms with Gasteiger partial charge in [-0.15, -0.1) is 0 Å². The van der Waals surface area contributed by atoms with Gasteiger partial charge in [0.05, 0.1) is 82.7 Å². The molecule has 0 saturated carbocycles. The number of hydrogen-bond acceptors (Lipinski definition) is 37. The molecule has 0 radical (unpaired) electrons. The number of aliphatic carboxylic acids is 2. The van der Waals surface area contributed by atoms with Gasteiger partial charge in [0.15, 0.2) is 25.2 Å². The van der Waals surface area contributed by atoms with Crippen LogP contribution in [0.3, 0.4) is 0 Å². The fourth-order valence-electron chi connectivity index (χ4n) is 17.6. The third-order valence-corrected chi connectivity index (χ3v) is 25.1. The van der Waals surface area contributed by atoms with E-state index in [4.69, 9.17) is 56.8 Å². The maximum absolute atomic E-state index is 13.8. The Morgan fingerprint density at radius 2 is 0.786 bits per heavy atom. The number of nitrogens with one attached hydrogen (secondary N) is 4. The lowest BCUT2D eigenvalue weighted by Gasteiger charge is -2.52. The molecule has 6 fully saturated rings. The van der Waals surface area contributed by atoms with Crippen LogP contribution >= 0.6 is 0 Å². The number of carboxylic acids is 2. The number of carboxylic acid groups (broad SMARTS) is 2. The zero-order valence-electron chi connectivity index (χ0n) is 76.4. The van der Waals surface area contributed by atoms with Crippen LogP contribution < -0.4 is 21.3 Å². The lowest BCUT2D eigenvalue weighted by Crippen LogP contribution is -2.72. The molecule has 25 N–H and O–H groups in total. The summed E-state index contributed by atoms with van der Waals surface area (Å²) in [5.74, 6) is -14.5. The summed E-state index contributed by atoms with van der Waals surface area (Å²) in [4.78, 5) is 78.8. The first kappa shape index (κ1) is 115. The number of amides is 4. The molecular formula is C88H156N4O39. The smallest absolute Gasteiger partial charge is 0.364 e. The Hall–Kier alpha value is -4.68. The Kier molecular flexibility index (Phi) is 52.3. The van der Waals surface area contributed by atoms with Crippen molar-refractivity contribution in [3.63, 3.8) is 0 Å². The number of allylic oxidation sites excluding steroid dienone is 1. The van der Waals surface area contributed by atoms with Crippen molar-refractivity contribution < 1.29 is 193 Å². The maximum Gasteiger partial charge on any atom is 0.364 e. The molecule has 0 spiro atoms. The average molecular weight is 1890 g/mol. The molecule has 6 rings (SSSR count). The van der Waals surface area contributed by atoms with E-state index in [1.807, 2.05) is 6.08 Å². The van der Waals surface area contributed by atoms with Gasteiger partial charge in [-0.3, -0.25) is 19.2 Å². The summed E-state index contributed by atoms with van der Waals surface area (Å²) in [5.41, 5.74) is 0. The van der Waals surface area contributed by atoms with Gasteiger partial charge in [-0.2, -0.15) is 0 Å². The predicted octanol–water partition coefficient (Wildman–Crippen LogP) is -2.31. The fraction of sp³-hybridized carbons (Fsp3) is 0.909. The summed E-state index contributed by atoms with van der Waals surface area (Å²) in [6.45, 7) is -0.507. The minimum Gasteiger partial charge on any atom is -0.477 e. The highest BCUT2D eigenvalue weighted by molar-refractivity contribution is 5.78. The van der Waals surface area contributed by atoms with E-state index in [9.17, 15) is 136 Å². The molecule has 12 unspecified atom stereocenters. The molecule has 131 heavy (non-hydrogen) atoms. The van der Waals surface area contributed by atoms with Gasteiger partial charge in [0.1, 0.15) is 134 Å². The second kappa shape index (κ2) is 59.6. The van der Waals surface area contributed by atoms with Crippen LogP contribution in [-0.2, 0) is 85.6 Å². The number of aliphatic hydroxyl groups excluding tert-OH is 19. The second-order valence-electron chi connectivity index (χ2n) is 35.7. The Balaban J connectivity index is 1.13. The fourth-order valence-corrected chi connectivity index (χ4v) is 17.6. The zero-order chi connectivity index (χ0) is 96.7. The summed E-state index contributed by atoms with van der Waals surface area (Å²) < 4.78 is 70.8. The number of hydrogen-bond donors (Lipinski definition) is 25. The number of unbranched alkanes of at least 4 members (excludes halogenated alkanes) is 29. The first-order valence-electron chi connectivity index (χ1n) is 47.2. The molecule has 0 aliphatic carbocycles. The normalized spacial score (nSPS) is 34.4. The van der Waals surface area contributed by atoms with Gasteiger partial charge in [-0.25, -0.2) is 9.59 Å². The number of carbonyl (C=O) groups is 6. The number of aliphatic hydroxyl groups is 19. The van der Waals surface area contributed by atoms with Crippen LogP contribution in [0, 0.1) is 0 Å². The average Bonchev–Trinajstić information content (AvgIpc) is 0.744. The minimum atomic E-state index is -3.52. The molecule has 6 aliphatic heterocycles. The molecule has 0 aromatic heterocycles. The van der Waals surface area contributed by atoms with Crippen LogP contribution in [0.25, 0.3) is 0 Å². The molecule has 6 saturated heterocycles. The molecule has 0 bridgehead atoms. The van der Waals surface area contributed by atoms with Gasteiger partial charge >= 0.3 is 11.9 Å². The molecule has 0 aromatic rings. The molecule has 6 heterocycles. The molecule has 4 amide bonds. The SMILES string of the molecule is CCCCCCCCCCCCC/C=C/[C@@H](O)[C@H](CO[C@@H]1OC(CO)[C@@H](O[C@@H]2OC(CO)[C@H](O[C@@H]3OC(CO)[C@H](O)[C@H](O[C@@H]4OC(CO)[C@H](O)[C@H](O[C@]5(C(=O)O)CC(O)[C@@H](NC(C)=O)C([C@H](O)[C@@H](CO)O[C@]6(C(=O)O)CC(O)[C@@H](NC(C)=O)C([C@H](O)[C@H](O)CO)O6)O5)C4O)C3NC(C)=O)[C@H](O)C2O)[C@H](O)C1O)NC(=O)CCCCCCCCCCCCCCCCCCCCC. The van der Waals surface area contributed by atoms with Crippen molar-refractivity contribution in [2.45, 2.75) is 460 Å².